The van der Waals surface area contributed by atoms with Crippen LogP contribution >= 0.6 is 0 Å². The lowest BCUT2D eigenvalue weighted by atomic mass is 10.0. The maximum Gasteiger partial charge on any atom is 0.122 e. The molecule has 0 saturated heterocycles. The first-order valence-corrected chi connectivity index (χ1v) is 6.35. The van der Waals surface area contributed by atoms with E-state index in [1.807, 2.05) is 25.1 Å². The highest BCUT2D eigenvalue weighted by Gasteiger charge is 2.43. The van der Waals surface area contributed by atoms with E-state index in [0.717, 1.165) is 29.7 Å². The van der Waals surface area contributed by atoms with Crippen LogP contribution in [0.15, 0.2) is 18.2 Å². The monoisotopic (exact) mass is 245 g/mol. The molecule has 0 bridgehead atoms. The molecule has 1 aliphatic rings. The first-order chi connectivity index (χ1) is 8.56. The van der Waals surface area contributed by atoms with Gasteiger partial charge in [-0.3, -0.25) is 0 Å². The van der Waals surface area contributed by atoms with E-state index in [-0.39, 0.29) is 5.41 Å². The van der Waals surface area contributed by atoms with Gasteiger partial charge >= 0.3 is 0 Å². The molecular formula is C15H19NO2. The third-order valence-electron chi connectivity index (χ3n) is 3.63. The molecule has 1 saturated carbocycles. The summed E-state index contributed by atoms with van der Waals surface area (Å²) >= 11 is 0. The molecular weight excluding hydrogens is 226 g/mol. The molecule has 3 heteroatoms. The summed E-state index contributed by atoms with van der Waals surface area (Å²) in [6.07, 6.45) is 2.31. The molecule has 0 aliphatic heterocycles. The number of hydrogen-bond donors (Lipinski definition) is 1. The van der Waals surface area contributed by atoms with E-state index in [1.54, 1.807) is 6.92 Å². The van der Waals surface area contributed by atoms with Crippen molar-refractivity contribution in [2.45, 2.75) is 39.2 Å². The standard InChI is InChI=1S/C15H19NO2/c1-11-9-13(12(2)17)3-4-14(11)18-10-15(5-6-15)7-8-16/h3-4,9,12,17H,5-7,10H2,1-2H3/t12-/m1/s1. The third kappa shape index (κ3) is 2.83. The molecule has 1 fully saturated rings. The zero-order chi connectivity index (χ0) is 13.2. The van der Waals surface area contributed by atoms with Gasteiger partial charge in [-0.05, 0) is 49.9 Å². The van der Waals surface area contributed by atoms with Crippen LogP contribution in [-0.4, -0.2) is 11.7 Å². The normalized spacial score (nSPS) is 17.9. The molecule has 1 aliphatic carbocycles. The Morgan fingerprint density at radius 1 is 1.50 bits per heavy atom. The van der Waals surface area contributed by atoms with Crippen molar-refractivity contribution in [3.05, 3.63) is 29.3 Å². The minimum Gasteiger partial charge on any atom is -0.493 e. The zero-order valence-corrected chi connectivity index (χ0v) is 10.9. The van der Waals surface area contributed by atoms with Gasteiger partial charge in [0, 0.05) is 11.8 Å². The minimum absolute atomic E-state index is 0.101. The van der Waals surface area contributed by atoms with Gasteiger partial charge in [0.25, 0.3) is 0 Å². The van der Waals surface area contributed by atoms with E-state index < -0.39 is 6.10 Å². The van der Waals surface area contributed by atoms with Crippen LogP contribution in [0, 0.1) is 23.7 Å². The number of aliphatic hydroxyl groups excluding tert-OH is 1. The summed E-state index contributed by atoms with van der Waals surface area (Å²) in [5.41, 5.74) is 2.03. The van der Waals surface area contributed by atoms with E-state index in [1.165, 1.54) is 0 Å². The molecule has 3 nitrogen and oxygen atoms in total. The lowest BCUT2D eigenvalue weighted by molar-refractivity contribution is 0.198. The van der Waals surface area contributed by atoms with Gasteiger partial charge in [-0.15, -0.1) is 0 Å². The van der Waals surface area contributed by atoms with Crippen molar-refractivity contribution in [1.29, 1.82) is 5.26 Å². The topological polar surface area (TPSA) is 53.2 Å². The van der Waals surface area contributed by atoms with Crippen molar-refractivity contribution in [3.8, 4) is 11.8 Å². The van der Waals surface area contributed by atoms with Crippen molar-refractivity contribution in [2.24, 2.45) is 5.41 Å². The molecule has 0 spiro atoms. The molecule has 0 amide bonds. The van der Waals surface area contributed by atoms with E-state index in [2.05, 4.69) is 6.07 Å². The first-order valence-electron chi connectivity index (χ1n) is 6.35. The van der Waals surface area contributed by atoms with Crippen LogP contribution < -0.4 is 4.74 Å². The smallest absolute Gasteiger partial charge is 0.122 e. The van der Waals surface area contributed by atoms with Crippen molar-refractivity contribution in [3.63, 3.8) is 0 Å². The molecule has 0 aromatic heterocycles. The van der Waals surface area contributed by atoms with Gasteiger partial charge in [0.1, 0.15) is 5.75 Å². The fourth-order valence-corrected chi connectivity index (χ4v) is 2.04. The molecule has 1 N–H and O–H groups in total. The average Bonchev–Trinajstić information content (AvgIpc) is 3.08. The summed E-state index contributed by atoms with van der Waals surface area (Å²) in [6, 6.07) is 7.97. The Kier molecular flexibility index (Phi) is 3.58. The van der Waals surface area contributed by atoms with Gasteiger partial charge in [0.15, 0.2) is 0 Å². The summed E-state index contributed by atoms with van der Waals surface area (Å²) in [7, 11) is 0. The number of nitriles is 1. The Hall–Kier alpha value is -1.53. The number of nitrogens with zero attached hydrogens (tertiary/aromatic N) is 1. The van der Waals surface area contributed by atoms with Crippen LogP contribution in [-0.2, 0) is 0 Å². The number of ether oxygens (including phenoxy) is 1. The highest BCUT2D eigenvalue weighted by molar-refractivity contribution is 5.37. The lowest BCUT2D eigenvalue weighted by Crippen LogP contribution is -2.13. The summed E-state index contributed by atoms with van der Waals surface area (Å²) < 4.78 is 5.82. The van der Waals surface area contributed by atoms with E-state index in [0.29, 0.717) is 13.0 Å². The average molecular weight is 245 g/mol. The molecule has 0 heterocycles. The first kappa shape index (κ1) is 12.9. The van der Waals surface area contributed by atoms with E-state index in [4.69, 9.17) is 10.00 Å². The summed E-state index contributed by atoms with van der Waals surface area (Å²) in [4.78, 5) is 0. The molecule has 96 valence electrons. The van der Waals surface area contributed by atoms with Crippen molar-refractivity contribution < 1.29 is 9.84 Å². The van der Waals surface area contributed by atoms with Gasteiger partial charge in [0.05, 0.1) is 18.8 Å². The highest BCUT2D eigenvalue weighted by atomic mass is 16.5. The SMILES string of the molecule is Cc1cc([C@@H](C)O)ccc1OCC1(CC#N)CC1. The molecule has 1 atom stereocenters. The molecule has 18 heavy (non-hydrogen) atoms. The Balaban J connectivity index is 2.00. The number of aryl methyl sites for hydroxylation is 1. The lowest BCUT2D eigenvalue weighted by Gasteiger charge is -2.15. The van der Waals surface area contributed by atoms with Crippen LogP contribution in [0.25, 0.3) is 0 Å². The third-order valence-corrected chi connectivity index (χ3v) is 3.63. The summed E-state index contributed by atoms with van der Waals surface area (Å²) in [5.74, 6) is 0.851. The van der Waals surface area contributed by atoms with Gasteiger partial charge < -0.3 is 9.84 Å². The second kappa shape index (κ2) is 4.99. The maximum absolute atomic E-state index is 9.50. The van der Waals surface area contributed by atoms with Gasteiger partial charge in [0.2, 0.25) is 0 Å². The Morgan fingerprint density at radius 2 is 2.22 bits per heavy atom. The minimum atomic E-state index is -0.453. The largest absolute Gasteiger partial charge is 0.493 e. The quantitative estimate of drug-likeness (QED) is 0.867. The van der Waals surface area contributed by atoms with Crippen LogP contribution in [0.1, 0.15) is 43.4 Å². The van der Waals surface area contributed by atoms with Crippen molar-refractivity contribution in [1.82, 2.24) is 0 Å². The molecule has 0 radical (unpaired) electrons. The van der Waals surface area contributed by atoms with Crippen LogP contribution in [0.4, 0.5) is 0 Å². The maximum atomic E-state index is 9.50. The second-order valence-electron chi connectivity index (χ2n) is 5.32. The van der Waals surface area contributed by atoms with E-state index >= 15 is 0 Å². The summed E-state index contributed by atoms with van der Waals surface area (Å²) in [6.45, 7) is 4.35. The number of aliphatic hydroxyl groups is 1. The Labute approximate surface area is 108 Å². The van der Waals surface area contributed by atoms with Crippen molar-refractivity contribution in [2.75, 3.05) is 6.61 Å². The molecule has 1 aromatic carbocycles. The van der Waals surface area contributed by atoms with Gasteiger partial charge in [-0.1, -0.05) is 6.07 Å². The van der Waals surface area contributed by atoms with E-state index in [9.17, 15) is 5.11 Å². The number of rotatable bonds is 5. The Morgan fingerprint density at radius 3 is 2.72 bits per heavy atom. The zero-order valence-electron chi connectivity index (χ0n) is 10.9. The number of benzene rings is 1. The van der Waals surface area contributed by atoms with Gasteiger partial charge in [-0.2, -0.15) is 5.26 Å². The highest BCUT2D eigenvalue weighted by Crippen LogP contribution is 2.48. The van der Waals surface area contributed by atoms with Crippen molar-refractivity contribution >= 4 is 0 Å². The number of hydrogen-bond acceptors (Lipinski definition) is 3. The second-order valence-corrected chi connectivity index (χ2v) is 5.32. The Bertz CT molecular complexity index is 470. The molecule has 0 unspecified atom stereocenters. The fourth-order valence-electron chi connectivity index (χ4n) is 2.04. The van der Waals surface area contributed by atoms with Crippen LogP contribution in [0.3, 0.4) is 0 Å². The predicted octanol–water partition coefficient (Wildman–Crippen LogP) is 3.12. The van der Waals surface area contributed by atoms with Gasteiger partial charge in [-0.25, -0.2) is 0 Å². The van der Waals surface area contributed by atoms with Crippen LogP contribution in [0.2, 0.25) is 0 Å². The predicted molar refractivity (Wildman–Crippen MR) is 69.2 cm³/mol. The summed E-state index contributed by atoms with van der Waals surface area (Å²) in [5, 5.41) is 18.3. The van der Waals surface area contributed by atoms with Crippen LogP contribution in [0.5, 0.6) is 5.75 Å². The fraction of sp³-hybridized carbons (Fsp3) is 0.533. The molecule has 2 rings (SSSR count). The molecule has 1 aromatic rings.